The van der Waals surface area contributed by atoms with E-state index < -0.39 is 6.10 Å². The molecule has 0 radical (unpaired) electrons. The average molecular weight is 301 g/mol. The van der Waals surface area contributed by atoms with Gasteiger partial charge in [-0.25, -0.2) is 0 Å². The molecule has 0 aliphatic rings. The van der Waals surface area contributed by atoms with Crippen molar-refractivity contribution >= 4 is 21.8 Å². The van der Waals surface area contributed by atoms with Gasteiger partial charge in [0.25, 0.3) is 5.91 Å². The second-order valence-electron chi connectivity index (χ2n) is 3.78. The van der Waals surface area contributed by atoms with Gasteiger partial charge in [0.2, 0.25) is 0 Å². The Labute approximate surface area is 110 Å². The summed E-state index contributed by atoms with van der Waals surface area (Å²) in [7, 11) is 3.23. The molecule has 0 bridgehead atoms. The highest BCUT2D eigenvalue weighted by Crippen LogP contribution is 2.12. The maximum absolute atomic E-state index is 11.9. The van der Waals surface area contributed by atoms with Gasteiger partial charge in [0.05, 0.1) is 0 Å². The summed E-state index contributed by atoms with van der Waals surface area (Å²) in [5.41, 5.74) is 6.52. The number of likely N-dealkylation sites (N-methyl/N-ethyl adjacent to an activating group) is 1. The van der Waals surface area contributed by atoms with Crippen molar-refractivity contribution < 1.29 is 9.53 Å². The molecule has 5 heteroatoms. The SMILES string of the molecule is COC(CN)C(=O)N(C)Cc1ccc(Br)cc1. The third kappa shape index (κ3) is 4.11. The van der Waals surface area contributed by atoms with Crippen LogP contribution in [0, 0.1) is 0 Å². The third-order valence-corrected chi connectivity index (χ3v) is 3.01. The van der Waals surface area contributed by atoms with Crippen LogP contribution in [0.4, 0.5) is 0 Å². The van der Waals surface area contributed by atoms with Crippen molar-refractivity contribution in [3.63, 3.8) is 0 Å². The second kappa shape index (κ2) is 6.74. The molecule has 1 rings (SSSR count). The molecule has 0 saturated heterocycles. The van der Waals surface area contributed by atoms with E-state index in [9.17, 15) is 4.79 Å². The highest BCUT2D eigenvalue weighted by atomic mass is 79.9. The number of methoxy groups -OCH3 is 1. The van der Waals surface area contributed by atoms with Gasteiger partial charge in [-0.3, -0.25) is 4.79 Å². The van der Waals surface area contributed by atoms with Crippen LogP contribution in [-0.2, 0) is 16.1 Å². The van der Waals surface area contributed by atoms with Gasteiger partial charge in [-0.1, -0.05) is 28.1 Å². The minimum Gasteiger partial charge on any atom is -0.370 e. The summed E-state index contributed by atoms with van der Waals surface area (Å²) in [6.07, 6.45) is -0.560. The molecule has 17 heavy (non-hydrogen) atoms. The van der Waals surface area contributed by atoms with Gasteiger partial charge in [-0.2, -0.15) is 0 Å². The van der Waals surface area contributed by atoms with Crippen molar-refractivity contribution in [1.29, 1.82) is 0 Å². The molecule has 4 nitrogen and oxygen atoms in total. The van der Waals surface area contributed by atoms with E-state index in [1.807, 2.05) is 24.3 Å². The smallest absolute Gasteiger partial charge is 0.253 e. The van der Waals surface area contributed by atoms with E-state index in [-0.39, 0.29) is 12.5 Å². The predicted octanol–water partition coefficient (Wildman–Crippen LogP) is 1.38. The van der Waals surface area contributed by atoms with Gasteiger partial charge >= 0.3 is 0 Å². The van der Waals surface area contributed by atoms with Crippen molar-refractivity contribution in [1.82, 2.24) is 4.90 Å². The van der Waals surface area contributed by atoms with Crippen LogP contribution < -0.4 is 5.73 Å². The summed E-state index contributed by atoms with van der Waals surface area (Å²) in [5.74, 6) is -0.0991. The maximum Gasteiger partial charge on any atom is 0.253 e. The number of hydrogen-bond acceptors (Lipinski definition) is 3. The first-order valence-corrected chi connectivity index (χ1v) is 6.10. The van der Waals surface area contributed by atoms with Crippen molar-refractivity contribution in [2.45, 2.75) is 12.6 Å². The molecule has 1 aromatic rings. The molecule has 1 amide bonds. The molecule has 2 N–H and O–H groups in total. The number of hydrogen-bond donors (Lipinski definition) is 1. The molecule has 0 aliphatic carbocycles. The Hall–Kier alpha value is -0.910. The van der Waals surface area contributed by atoms with Gasteiger partial charge in [0, 0.05) is 31.7 Å². The zero-order valence-corrected chi connectivity index (χ0v) is 11.6. The lowest BCUT2D eigenvalue weighted by Gasteiger charge is -2.22. The standard InChI is InChI=1S/C12H17BrN2O2/c1-15(12(16)11(7-14)17-2)8-9-3-5-10(13)6-4-9/h3-6,11H,7-8,14H2,1-2H3. The fourth-order valence-electron chi connectivity index (χ4n) is 1.49. The number of rotatable bonds is 5. The van der Waals surface area contributed by atoms with Gasteiger partial charge in [-0.05, 0) is 17.7 Å². The summed E-state index contributed by atoms with van der Waals surface area (Å²) < 4.78 is 6.04. The summed E-state index contributed by atoms with van der Waals surface area (Å²) in [4.78, 5) is 13.5. The van der Waals surface area contributed by atoms with Gasteiger partial charge in [0.1, 0.15) is 6.10 Å². The van der Waals surface area contributed by atoms with E-state index in [1.54, 1.807) is 11.9 Å². The van der Waals surface area contributed by atoms with Crippen LogP contribution in [0.3, 0.4) is 0 Å². The molecule has 0 saturated carbocycles. The Morgan fingerprint density at radius 3 is 2.53 bits per heavy atom. The van der Waals surface area contributed by atoms with Crippen LogP contribution in [0.25, 0.3) is 0 Å². The van der Waals surface area contributed by atoms with Crippen LogP contribution >= 0.6 is 15.9 Å². The highest BCUT2D eigenvalue weighted by molar-refractivity contribution is 9.10. The first-order valence-electron chi connectivity index (χ1n) is 5.30. The maximum atomic E-state index is 11.9. The van der Waals surface area contributed by atoms with Crippen molar-refractivity contribution in [2.75, 3.05) is 20.7 Å². The van der Waals surface area contributed by atoms with Crippen LogP contribution in [-0.4, -0.2) is 37.6 Å². The zero-order valence-electron chi connectivity index (χ0n) is 10.0. The highest BCUT2D eigenvalue weighted by Gasteiger charge is 2.19. The minimum absolute atomic E-state index is 0.0991. The fraction of sp³-hybridized carbons (Fsp3) is 0.417. The quantitative estimate of drug-likeness (QED) is 0.894. The third-order valence-electron chi connectivity index (χ3n) is 2.48. The first kappa shape index (κ1) is 14.2. The molecular formula is C12H17BrN2O2. The molecule has 1 aromatic carbocycles. The van der Waals surface area contributed by atoms with E-state index in [2.05, 4.69) is 15.9 Å². The summed E-state index contributed by atoms with van der Waals surface area (Å²) >= 11 is 3.37. The zero-order chi connectivity index (χ0) is 12.8. The lowest BCUT2D eigenvalue weighted by molar-refractivity contribution is -0.140. The number of halogens is 1. The molecule has 1 unspecified atom stereocenters. The van der Waals surface area contributed by atoms with E-state index >= 15 is 0 Å². The lowest BCUT2D eigenvalue weighted by atomic mass is 10.2. The molecule has 1 atom stereocenters. The van der Waals surface area contributed by atoms with E-state index in [1.165, 1.54) is 7.11 Å². The van der Waals surface area contributed by atoms with Crippen LogP contribution in [0.5, 0.6) is 0 Å². The lowest BCUT2D eigenvalue weighted by Crippen LogP contribution is -2.41. The summed E-state index contributed by atoms with van der Waals surface area (Å²) in [6.45, 7) is 0.742. The van der Waals surface area contributed by atoms with Crippen molar-refractivity contribution in [3.05, 3.63) is 34.3 Å². The summed E-state index contributed by atoms with van der Waals surface area (Å²) in [5, 5.41) is 0. The Bertz CT molecular complexity index is 363. The van der Waals surface area contributed by atoms with E-state index in [0.29, 0.717) is 6.54 Å². The van der Waals surface area contributed by atoms with Gasteiger partial charge in [-0.15, -0.1) is 0 Å². The number of benzene rings is 1. The minimum atomic E-state index is -0.560. The average Bonchev–Trinajstić information content (AvgIpc) is 2.33. The van der Waals surface area contributed by atoms with Crippen molar-refractivity contribution in [3.8, 4) is 0 Å². The van der Waals surface area contributed by atoms with E-state index in [0.717, 1.165) is 10.0 Å². The largest absolute Gasteiger partial charge is 0.370 e. The first-order chi connectivity index (χ1) is 8.08. The molecule has 0 aliphatic heterocycles. The Morgan fingerprint density at radius 2 is 2.06 bits per heavy atom. The van der Waals surface area contributed by atoms with E-state index in [4.69, 9.17) is 10.5 Å². The van der Waals surface area contributed by atoms with Crippen LogP contribution in [0.15, 0.2) is 28.7 Å². The van der Waals surface area contributed by atoms with Crippen LogP contribution in [0.2, 0.25) is 0 Å². The number of nitrogens with zero attached hydrogens (tertiary/aromatic N) is 1. The number of nitrogens with two attached hydrogens (primary N) is 1. The monoisotopic (exact) mass is 300 g/mol. The molecule has 0 fully saturated rings. The molecule has 0 aromatic heterocycles. The van der Waals surface area contributed by atoms with Gasteiger partial charge < -0.3 is 15.4 Å². The normalized spacial score (nSPS) is 12.2. The van der Waals surface area contributed by atoms with Crippen molar-refractivity contribution in [2.24, 2.45) is 5.73 Å². The Morgan fingerprint density at radius 1 is 1.47 bits per heavy atom. The molecule has 0 heterocycles. The predicted molar refractivity (Wildman–Crippen MR) is 70.5 cm³/mol. The number of carbonyl (C=O) groups is 1. The second-order valence-corrected chi connectivity index (χ2v) is 4.70. The molecular weight excluding hydrogens is 284 g/mol. The topological polar surface area (TPSA) is 55.6 Å². The summed E-state index contributed by atoms with van der Waals surface area (Å²) in [6, 6.07) is 7.84. The number of ether oxygens (including phenoxy) is 1. The fourth-order valence-corrected chi connectivity index (χ4v) is 1.75. The molecule has 94 valence electrons. The Balaban J connectivity index is 2.62. The number of amides is 1. The Kier molecular flexibility index (Phi) is 5.61. The number of carbonyl (C=O) groups excluding carboxylic acids is 1. The molecule has 0 spiro atoms. The van der Waals surface area contributed by atoms with Crippen LogP contribution in [0.1, 0.15) is 5.56 Å². The van der Waals surface area contributed by atoms with Gasteiger partial charge in [0.15, 0.2) is 0 Å².